The first kappa shape index (κ1) is 14.0. The molecule has 0 spiro atoms. The van der Waals surface area contributed by atoms with E-state index in [0.717, 1.165) is 11.3 Å². The van der Waals surface area contributed by atoms with Gasteiger partial charge in [0.1, 0.15) is 0 Å². The minimum absolute atomic E-state index is 0.189. The fourth-order valence-electron chi connectivity index (χ4n) is 1.32. The zero-order chi connectivity index (χ0) is 13.5. The first-order chi connectivity index (χ1) is 8.52. The molecule has 0 aliphatic rings. The average molecular weight is 250 g/mol. The molecule has 2 amide bonds. The van der Waals surface area contributed by atoms with Gasteiger partial charge in [0.2, 0.25) is 0 Å². The Labute approximate surface area is 107 Å². The van der Waals surface area contributed by atoms with E-state index in [-0.39, 0.29) is 18.4 Å². The van der Waals surface area contributed by atoms with Crippen molar-refractivity contribution in [3.8, 4) is 0 Å². The number of anilines is 1. The summed E-state index contributed by atoms with van der Waals surface area (Å²) in [7, 11) is 2.96. The van der Waals surface area contributed by atoms with Crippen LogP contribution in [0.25, 0.3) is 0 Å². The van der Waals surface area contributed by atoms with E-state index in [1.54, 1.807) is 7.05 Å². The molecule has 0 unspecified atom stereocenters. The van der Waals surface area contributed by atoms with Crippen LogP contribution in [0.1, 0.15) is 12.0 Å². The van der Waals surface area contributed by atoms with Gasteiger partial charge in [-0.1, -0.05) is 17.7 Å². The van der Waals surface area contributed by atoms with Gasteiger partial charge < -0.3 is 15.0 Å². The number of hydrogen-bond donors (Lipinski definition) is 1. The minimum atomic E-state index is -0.329. The summed E-state index contributed by atoms with van der Waals surface area (Å²) in [5.74, 6) is -0.329. The second-order valence-corrected chi connectivity index (χ2v) is 4.04. The van der Waals surface area contributed by atoms with E-state index in [0.29, 0.717) is 6.54 Å². The molecule has 0 radical (unpaired) electrons. The average Bonchev–Trinajstić information content (AvgIpc) is 2.38. The Morgan fingerprint density at radius 3 is 2.44 bits per heavy atom. The van der Waals surface area contributed by atoms with Crippen molar-refractivity contribution in [2.75, 3.05) is 26.0 Å². The second-order valence-electron chi connectivity index (χ2n) is 4.04. The molecule has 0 saturated heterocycles. The predicted octanol–water partition coefficient (Wildman–Crippen LogP) is 2.02. The molecule has 5 heteroatoms. The molecule has 0 heterocycles. The number of methoxy groups -OCH3 is 1. The smallest absolute Gasteiger partial charge is 0.321 e. The summed E-state index contributed by atoms with van der Waals surface area (Å²) < 4.78 is 4.51. The number of amides is 2. The van der Waals surface area contributed by atoms with E-state index in [2.05, 4.69) is 10.1 Å². The molecule has 1 aromatic carbocycles. The fraction of sp³-hybridized carbons (Fsp3) is 0.385. The zero-order valence-corrected chi connectivity index (χ0v) is 10.9. The quantitative estimate of drug-likeness (QED) is 0.832. The number of ether oxygens (including phenoxy) is 1. The van der Waals surface area contributed by atoms with Crippen LogP contribution in [0.2, 0.25) is 0 Å². The molecular weight excluding hydrogens is 232 g/mol. The van der Waals surface area contributed by atoms with Crippen molar-refractivity contribution in [2.45, 2.75) is 13.3 Å². The molecule has 5 nitrogen and oxygen atoms in total. The number of carbonyl (C=O) groups excluding carboxylic acids is 2. The summed E-state index contributed by atoms with van der Waals surface area (Å²) in [6.45, 7) is 2.30. The third-order valence-corrected chi connectivity index (χ3v) is 2.53. The van der Waals surface area contributed by atoms with Crippen LogP contribution in [0.15, 0.2) is 24.3 Å². The number of esters is 1. The van der Waals surface area contributed by atoms with E-state index < -0.39 is 0 Å². The van der Waals surface area contributed by atoms with Crippen molar-refractivity contribution in [3.63, 3.8) is 0 Å². The van der Waals surface area contributed by atoms with Crippen molar-refractivity contribution in [3.05, 3.63) is 29.8 Å². The standard InChI is InChI=1S/C13H18N2O3/c1-10-4-6-11(7-5-10)14-13(17)15(2)9-8-12(16)18-3/h4-7H,8-9H2,1-3H3,(H,14,17). The molecule has 0 saturated carbocycles. The first-order valence-electron chi connectivity index (χ1n) is 5.68. The SMILES string of the molecule is COC(=O)CCN(C)C(=O)Nc1ccc(C)cc1. The second kappa shape index (κ2) is 6.64. The number of rotatable bonds is 4. The van der Waals surface area contributed by atoms with Crippen LogP contribution < -0.4 is 5.32 Å². The molecular formula is C13H18N2O3. The lowest BCUT2D eigenvalue weighted by atomic mass is 10.2. The van der Waals surface area contributed by atoms with E-state index in [4.69, 9.17) is 0 Å². The van der Waals surface area contributed by atoms with Gasteiger partial charge in [-0.3, -0.25) is 4.79 Å². The maximum absolute atomic E-state index is 11.8. The lowest BCUT2D eigenvalue weighted by Crippen LogP contribution is -2.33. The largest absolute Gasteiger partial charge is 0.469 e. The van der Waals surface area contributed by atoms with Gasteiger partial charge in [0.15, 0.2) is 0 Å². The van der Waals surface area contributed by atoms with Crippen molar-refractivity contribution in [1.29, 1.82) is 0 Å². The zero-order valence-electron chi connectivity index (χ0n) is 10.9. The van der Waals surface area contributed by atoms with Crippen LogP contribution in [-0.2, 0) is 9.53 Å². The van der Waals surface area contributed by atoms with Crippen LogP contribution in [0, 0.1) is 6.92 Å². The summed E-state index contributed by atoms with van der Waals surface area (Å²) in [4.78, 5) is 24.2. The van der Waals surface area contributed by atoms with E-state index >= 15 is 0 Å². The minimum Gasteiger partial charge on any atom is -0.469 e. The Hall–Kier alpha value is -2.04. The van der Waals surface area contributed by atoms with Gasteiger partial charge in [0.25, 0.3) is 0 Å². The molecule has 18 heavy (non-hydrogen) atoms. The molecule has 0 fully saturated rings. The lowest BCUT2D eigenvalue weighted by Gasteiger charge is -2.17. The highest BCUT2D eigenvalue weighted by Crippen LogP contribution is 2.09. The summed E-state index contributed by atoms with van der Waals surface area (Å²) in [6, 6.07) is 7.26. The Kier molecular flexibility index (Phi) is 5.17. The highest BCUT2D eigenvalue weighted by molar-refractivity contribution is 5.89. The first-order valence-corrected chi connectivity index (χ1v) is 5.68. The number of hydrogen-bond acceptors (Lipinski definition) is 3. The fourth-order valence-corrected chi connectivity index (χ4v) is 1.32. The van der Waals surface area contributed by atoms with Gasteiger partial charge in [0.05, 0.1) is 13.5 Å². The molecule has 1 N–H and O–H groups in total. The van der Waals surface area contributed by atoms with Gasteiger partial charge in [-0.05, 0) is 19.1 Å². The molecule has 0 atom stereocenters. The van der Waals surface area contributed by atoms with E-state index in [9.17, 15) is 9.59 Å². The third-order valence-electron chi connectivity index (χ3n) is 2.53. The van der Waals surface area contributed by atoms with Gasteiger partial charge in [-0.25, -0.2) is 4.79 Å². The van der Waals surface area contributed by atoms with Crippen LogP contribution in [0.3, 0.4) is 0 Å². The summed E-state index contributed by atoms with van der Waals surface area (Å²) in [5, 5.41) is 2.75. The molecule has 1 aromatic rings. The summed E-state index contributed by atoms with van der Waals surface area (Å²) in [6.07, 6.45) is 0.189. The maximum atomic E-state index is 11.8. The van der Waals surface area contributed by atoms with Gasteiger partial charge in [-0.15, -0.1) is 0 Å². The van der Waals surface area contributed by atoms with Crippen LogP contribution in [0.5, 0.6) is 0 Å². The van der Waals surface area contributed by atoms with Crippen LogP contribution in [0.4, 0.5) is 10.5 Å². The normalized spacial score (nSPS) is 9.72. The molecule has 0 aliphatic carbocycles. The van der Waals surface area contributed by atoms with Crippen LogP contribution in [-0.4, -0.2) is 37.6 Å². The van der Waals surface area contributed by atoms with E-state index in [1.807, 2.05) is 31.2 Å². The molecule has 0 aromatic heterocycles. The highest BCUT2D eigenvalue weighted by Gasteiger charge is 2.10. The topological polar surface area (TPSA) is 58.6 Å². The number of aryl methyl sites for hydroxylation is 1. The number of urea groups is 1. The molecule has 98 valence electrons. The van der Waals surface area contributed by atoms with Crippen molar-refractivity contribution < 1.29 is 14.3 Å². The maximum Gasteiger partial charge on any atom is 0.321 e. The Morgan fingerprint density at radius 1 is 1.28 bits per heavy atom. The Bertz CT molecular complexity index is 415. The van der Waals surface area contributed by atoms with Gasteiger partial charge in [0, 0.05) is 19.3 Å². The number of carbonyl (C=O) groups is 2. The van der Waals surface area contributed by atoms with Crippen molar-refractivity contribution >= 4 is 17.7 Å². The third kappa shape index (κ3) is 4.45. The number of nitrogens with one attached hydrogen (secondary N) is 1. The highest BCUT2D eigenvalue weighted by atomic mass is 16.5. The predicted molar refractivity (Wildman–Crippen MR) is 69.5 cm³/mol. The van der Waals surface area contributed by atoms with Gasteiger partial charge >= 0.3 is 12.0 Å². The number of nitrogens with zero attached hydrogens (tertiary/aromatic N) is 1. The Balaban J connectivity index is 2.44. The van der Waals surface area contributed by atoms with Crippen LogP contribution >= 0.6 is 0 Å². The Morgan fingerprint density at radius 2 is 1.89 bits per heavy atom. The van der Waals surface area contributed by atoms with E-state index in [1.165, 1.54) is 12.0 Å². The summed E-state index contributed by atoms with van der Waals surface area (Å²) in [5.41, 5.74) is 1.86. The molecule has 0 aliphatic heterocycles. The lowest BCUT2D eigenvalue weighted by molar-refractivity contribution is -0.140. The monoisotopic (exact) mass is 250 g/mol. The molecule has 0 bridgehead atoms. The van der Waals surface area contributed by atoms with Gasteiger partial charge in [-0.2, -0.15) is 0 Å². The van der Waals surface area contributed by atoms with Crippen molar-refractivity contribution in [2.24, 2.45) is 0 Å². The number of benzene rings is 1. The molecule has 1 rings (SSSR count). The van der Waals surface area contributed by atoms with Crippen molar-refractivity contribution in [1.82, 2.24) is 4.90 Å². The summed E-state index contributed by atoms with van der Waals surface area (Å²) >= 11 is 0.